The van der Waals surface area contributed by atoms with E-state index in [1.54, 1.807) is 0 Å². The van der Waals surface area contributed by atoms with Gasteiger partial charge in [0.2, 0.25) is 0 Å². The summed E-state index contributed by atoms with van der Waals surface area (Å²) in [5.41, 5.74) is 0.542. The molecule has 0 rings (SSSR count). The van der Waals surface area contributed by atoms with Crippen LogP contribution in [0.15, 0.2) is 0 Å². The van der Waals surface area contributed by atoms with Gasteiger partial charge in [-0.05, 0) is 5.41 Å². The molecule has 58 valence electrons. The Kier molecular flexibility index (Phi) is 8.00. The molecule has 0 amide bonds. The molecular weight excluding hydrogens is 108 g/mol. The maximum absolute atomic E-state index is 2.24. The van der Waals surface area contributed by atoms with E-state index in [1.165, 1.54) is 12.8 Å². The van der Waals surface area contributed by atoms with Gasteiger partial charge in [-0.1, -0.05) is 54.4 Å². The third-order valence-corrected chi connectivity index (χ3v) is 1.06. The van der Waals surface area contributed by atoms with Crippen LogP contribution in [0.2, 0.25) is 0 Å². The summed E-state index contributed by atoms with van der Waals surface area (Å²) in [7, 11) is 0. The molecule has 0 aliphatic rings. The molecule has 0 aromatic carbocycles. The van der Waals surface area contributed by atoms with Gasteiger partial charge in [0.25, 0.3) is 0 Å². The van der Waals surface area contributed by atoms with E-state index in [1.807, 2.05) is 0 Å². The lowest BCUT2D eigenvalue weighted by atomic mass is 9.94. The number of hydrogen-bond donors (Lipinski definition) is 0. The second-order valence-corrected chi connectivity index (χ2v) is 3.62. The van der Waals surface area contributed by atoms with Crippen LogP contribution in [0.4, 0.5) is 0 Å². The van der Waals surface area contributed by atoms with Crippen molar-refractivity contribution in [3.8, 4) is 0 Å². The Bertz CT molecular complexity index is 38.5. The maximum atomic E-state index is 2.24. The van der Waals surface area contributed by atoms with Crippen LogP contribution in [0, 0.1) is 5.41 Å². The molecule has 0 N–H and O–H groups in total. The molecule has 0 atom stereocenters. The molecule has 0 heteroatoms. The molecule has 0 aliphatic heterocycles. The van der Waals surface area contributed by atoms with Crippen molar-refractivity contribution in [1.29, 1.82) is 0 Å². The van der Waals surface area contributed by atoms with Crippen LogP contribution in [-0.2, 0) is 0 Å². The second kappa shape index (κ2) is 6.12. The molecule has 0 aromatic rings. The van der Waals surface area contributed by atoms with Gasteiger partial charge in [-0.2, -0.15) is 0 Å². The average Bonchev–Trinajstić information content (AvgIpc) is 1.67. The summed E-state index contributed by atoms with van der Waals surface area (Å²) in [6.07, 6.45) is 2.52. The molecule has 0 nitrogen and oxygen atoms in total. The highest BCUT2D eigenvalue weighted by Gasteiger charge is 2.03. The van der Waals surface area contributed by atoms with E-state index in [2.05, 4.69) is 41.5 Å². The van der Waals surface area contributed by atoms with Crippen molar-refractivity contribution in [3.63, 3.8) is 0 Å². The summed E-state index contributed by atoms with van der Waals surface area (Å²) >= 11 is 0. The monoisotopic (exact) mass is 130 g/mol. The molecule has 0 heterocycles. The van der Waals surface area contributed by atoms with Gasteiger partial charge in [0.1, 0.15) is 0 Å². The van der Waals surface area contributed by atoms with Crippen molar-refractivity contribution in [2.45, 2.75) is 54.4 Å². The summed E-state index contributed by atoms with van der Waals surface area (Å²) < 4.78 is 0. The Morgan fingerprint density at radius 3 is 1.00 bits per heavy atom. The zero-order chi connectivity index (χ0) is 7.91. The van der Waals surface area contributed by atoms with Gasteiger partial charge in [-0.3, -0.25) is 0 Å². The number of hydrogen-bond acceptors (Lipinski definition) is 0. The first-order valence-electron chi connectivity index (χ1n) is 3.97. The minimum Gasteiger partial charge on any atom is -0.0656 e. The molecule has 9 heavy (non-hydrogen) atoms. The van der Waals surface area contributed by atoms with E-state index in [0.29, 0.717) is 5.41 Å². The van der Waals surface area contributed by atoms with Crippen molar-refractivity contribution in [2.75, 3.05) is 0 Å². The van der Waals surface area contributed by atoms with Crippen LogP contribution in [0.3, 0.4) is 0 Å². The van der Waals surface area contributed by atoms with Gasteiger partial charge in [0.15, 0.2) is 0 Å². The first-order chi connectivity index (χ1) is 3.97. The van der Waals surface area contributed by atoms with Crippen LogP contribution in [0.1, 0.15) is 54.4 Å². The lowest BCUT2D eigenvalue weighted by Crippen LogP contribution is -2.00. The molecular formula is C9H22. The Morgan fingerprint density at radius 2 is 1.00 bits per heavy atom. The lowest BCUT2D eigenvalue weighted by Gasteiger charge is -2.12. The maximum Gasteiger partial charge on any atom is -0.0385 e. The van der Waals surface area contributed by atoms with Crippen molar-refractivity contribution < 1.29 is 0 Å². The van der Waals surface area contributed by atoms with E-state index in [4.69, 9.17) is 0 Å². The highest BCUT2D eigenvalue weighted by molar-refractivity contribution is 4.55. The third-order valence-electron chi connectivity index (χ3n) is 1.06. The summed E-state index contributed by atoms with van der Waals surface area (Å²) in [5, 5.41) is 0. The van der Waals surface area contributed by atoms with Gasteiger partial charge < -0.3 is 0 Å². The molecule has 0 spiro atoms. The highest BCUT2D eigenvalue weighted by atomic mass is 14.1. The summed E-state index contributed by atoms with van der Waals surface area (Å²) in [6, 6.07) is 0. The predicted octanol–water partition coefficient (Wildman–Crippen LogP) is 3.86. The van der Waals surface area contributed by atoms with Gasteiger partial charge in [0.05, 0.1) is 0 Å². The Labute approximate surface area is 60.7 Å². The lowest BCUT2D eigenvalue weighted by molar-refractivity contribution is 0.398. The molecule has 0 saturated carbocycles. The van der Waals surface area contributed by atoms with E-state index < -0.39 is 0 Å². The van der Waals surface area contributed by atoms with Crippen LogP contribution in [0.25, 0.3) is 0 Å². The Hall–Kier alpha value is 0. The van der Waals surface area contributed by atoms with Crippen molar-refractivity contribution in [2.24, 2.45) is 5.41 Å². The standard InChI is InChI=1S/C6H14.C3H8/c1-5-6(2,3)4;1-3-2/h5H2,1-4H3;3H2,1-2H3. The average molecular weight is 130 g/mol. The van der Waals surface area contributed by atoms with Crippen LogP contribution in [-0.4, -0.2) is 0 Å². The zero-order valence-electron chi connectivity index (χ0n) is 7.91. The fourth-order valence-electron chi connectivity index (χ4n) is 0. The third kappa shape index (κ3) is 32.0. The van der Waals surface area contributed by atoms with Gasteiger partial charge in [0, 0.05) is 0 Å². The Morgan fingerprint density at radius 1 is 0.889 bits per heavy atom. The second-order valence-electron chi connectivity index (χ2n) is 3.62. The minimum absolute atomic E-state index is 0.542. The fraction of sp³-hybridized carbons (Fsp3) is 1.00. The van der Waals surface area contributed by atoms with Gasteiger partial charge >= 0.3 is 0 Å². The SMILES string of the molecule is CCC.CCC(C)(C)C. The fourth-order valence-corrected chi connectivity index (χ4v) is 0. The van der Waals surface area contributed by atoms with E-state index >= 15 is 0 Å². The molecule has 0 unspecified atom stereocenters. The zero-order valence-corrected chi connectivity index (χ0v) is 7.91. The normalized spacial score (nSPS) is 10.0. The molecule has 0 saturated heterocycles. The minimum atomic E-state index is 0.542. The largest absolute Gasteiger partial charge is 0.0656 e. The summed E-state index contributed by atoms with van der Waals surface area (Å²) in [5.74, 6) is 0. The van der Waals surface area contributed by atoms with E-state index in [9.17, 15) is 0 Å². The van der Waals surface area contributed by atoms with Crippen molar-refractivity contribution in [3.05, 3.63) is 0 Å². The molecule has 0 fully saturated rings. The topological polar surface area (TPSA) is 0 Å². The highest BCUT2D eigenvalue weighted by Crippen LogP contribution is 2.16. The Balaban J connectivity index is 0. The smallest absolute Gasteiger partial charge is 0.0385 e. The summed E-state index contributed by atoms with van der Waals surface area (Å²) in [4.78, 5) is 0. The van der Waals surface area contributed by atoms with Crippen LogP contribution in [0.5, 0.6) is 0 Å². The summed E-state index contributed by atoms with van der Waals surface area (Å²) in [6.45, 7) is 13.2. The number of rotatable bonds is 0. The van der Waals surface area contributed by atoms with Crippen molar-refractivity contribution >= 4 is 0 Å². The van der Waals surface area contributed by atoms with Crippen LogP contribution >= 0.6 is 0 Å². The van der Waals surface area contributed by atoms with Crippen LogP contribution < -0.4 is 0 Å². The predicted molar refractivity (Wildman–Crippen MR) is 45.7 cm³/mol. The van der Waals surface area contributed by atoms with Gasteiger partial charge in [-0.15, -0.1) is 0 Å². The molecule has 0 radical (unpaired) electrons. The molecule has 0 aromatic heterocycles. The molecule has 0 bridgehead atoms. The van der Waals surface area contributed by atoms with Gasteiger partial charge in [-0.25, -0.2) is 0 Å². The van der Waals surface area contributed by atoms with Crippen molar-refractivity contribution in [1.82, 2.24) is 0 Å². The quantitative estimate of drug-likeness (QED) is 0.467. The van der Waals surface area contributed by atoms with E-state index in [0.717, 1.165) is 0 Å². The molecule has 0 aliphatic carbocycles. The van der Waals surface area contributed by atoms with E-state index in [-0.39, 0.29) is 0 Å². The first-order valence-corrected chi connectivity index (χ1v) is 3.97. The first kappa shape index (κ1) is 11.8.